The van der Waals surface area contributed by atoms with Crippen LogP contribution in [0, 0.1) is 0 Å². The van der Waals surface area contributed by atoms with Gasteiger partial charge in [-0.25, -0.2) is 0 Å². The molecule has 3 aromatic rings. The Hall–Kier alpha value is -2.69. The maximum absolute atomic E-state index is 11.0. The molecule has 0 saturated heterocycles. The molecule has 1 amide bonds. The molecular formula is C22H20Cl2N2O2. The van der Waals surface area contributed by atoms with E-state index in [0.29, 0.717) is 23.2 Å². The average Bonchev–Trinajstić information content (AvgIpc) is 2.67. The maximum atomic E-state index is 11.0. The van der Waals surface area contributed by atoms with Crippen molar-refractivity contribution in [2.45, 2.75) is 20.1 Å². The lowest BCUT2D eigenvalue weighted by Crippen LogP contribution is -2.05. The lowest BCUT2D eigenvalue weighted by atomic mass is 10.2. The van der Waals surface area contributed by atoms with Crippen LogP contribution in [0.25, 0.3) is 0 Å². The van der Waals surface area contributed by atoms with Crippen LogP contribution in [-0.2, 0) is 17.9 Å². The lowest BCUT2D eigenvalue weighted by Gasteiger charge is -2.11. The van der Waals surface area contributed by atoms with Gasteiger partial charge in [-0.3, -0.25) is 4.79 Å². The number of benzene rings is 3. The number of halogens is 2. The van der Waals surface area contributed by atoms with E-state index in [-0.39, 0.29) is 5.91 Å². The zero-order valence-electron chi connectivity index (χ0n) is 15.3. The van der Waals surface area contributed by atoms with Crippen LogP contribution in [0.4, 0.5) is 11.4 Å². The Kier molecular flexibility index (Phi) is 6.80. The molecule has 0 unspecified atom stereocenters. The molecule has 0 atom stereocenters. The summed E-state index contributed by atoms with van der Waals surface area (Å²) in [6.45, 7) is 2.48. The van der Waals surface area contributed by atoms with Crippen molar-refractivity contribution in [2.75, 3.05) is 10.6 Å². The Morgan fingerprint density at radius 2 is 1.50 bits per heavy atom. The van der Waals surface area contributed by atoms with E-state index in [1.807, 2.05) is 54.6 Å². The molecule has 0 spiro atoms. The molecule has 0 aliphatic heterocycles. The fraction of sp³-hybridized carbons (Fsp3) is 0.136. The van der Waals surface area contributed by atoms with E-state index >= 15 is 0 Å². The predicted molar refractivity (Wildman–Crippen MR) is 115 cm³/mol. The van der Waals surface area contributed by atoms with Gasteiger partial charge in [-0.2, -0.15) is 0 Å². The maximum Gasteiger partial charge on any atom is 0.221 e. The van der Waals surface area contributed by atoms with Gasteiger partial charge in [-0.15, -0.1) is 0 Å². The zero-order chi connectivity index (χ0) is 19.9. The Bertz CT molecular complexity index is 922. The first kappa shape index (κ1) is 20.1. The van der Waals surface area contributed by atoms with Crippen molar-refractivity contribution in [3.8, 4) is 5.75 Å². The second kappa shape index (κ2) is 9.49. The van der Waals surface area contributed by atoms with E-state index in [4.69, 9.17) is 27.9 Å². The third kappa shape index (κ3) is 5.65. The number of hydrogen-bond donors (Lipinski definition) is 2. The van der Waals surface area contributed by atoms with Crippen LogP contribution in [0.5, 0.6) is 5.75 Å². The van der Waals surface area contributed by atoms with Crippen LogP contribution in [-0.4, -0.2) is 5.91 Å². The highest BCUT2D eigenvalue weighted by atomic mass is 35.5. The van der Waals surface area contributed by atoms with E-state index in [9.17, 15) is 4.79 Å². The highest BCUT2D eigenvalue weighted by molar-refractivity contribution is 6.35. The summed E-state index contributed by atoms with van der Waals surface area (Å²) in [5.74, 6) is 0.666. The van der Waals surface area contributed by atoms with Crippen molar-refractivity contribution in [1.29, 1.82) is 0 Å². The molecule has 0 aliphatic rings. The summed E-state index contributed by atoms with van der Waals surface area (Å²) in [6.07, 6.45) is 0. The van der Waals surface area contributed by atoms with Crippen molar-refractivity contribution >= 4 is 40.5 Å². The van der Waals surface area contributed by atoms with Gasteiger partial charge < -0.3 is 15.4 Å². The van der Waals surface area contributed by atoms with Crippen LogP contribution in [0.15, 0.2) is 66.7 Å². The van der Waals surface area contributed by atoms with Gasteiger partial charge in [0.15, 0.2) is 0 Å². The summed E-state index contributed by atoms with van der Waals surface area (Å²) in [4.78, 5) is 11.0. The highest BCUT2D eigenvalue weighted by Crippen LogP contribution is 2.26. The fourth-order valence-electron chi connectivity index (χ4n) is 2.61. The van der Waals surface area contributed by atoms with E-state index in [2.05, 4.69) is 10.6 Å². The number of nitrogens with one attached hydrogen (secondary N) is 2. The second-order valence-electron chi connectivity index (χ2n) is 6.24. The van der Waals surface area contributed by atoms with Crippen LogP contribution in [0.1, 0.15) is 18.1 Å². The standard InChI is InChI=1S/C22H20Cl2N2O2/c1-15(27)26-18-9-7-17(8-10-18)25-13-16-5-11-19(12-6-16)28-14-20-21(23)3-2-4-22(20)24/h2-12,25H,13-14H2,1H3,(H,26,27). The van der Waals surface area contributed by atoms with Gasteiger partial charge in [0.05, 0.1) is 0 Å². The van der Waals surface area contributed by atoms with Crippen molar-refractivity contribution in [1.82, 2.24) is 0 Å². The first-order valence-electron chi connectivity index (χ1n) is 8.77. The Morgan fingerprint density at radius 3 is 2.11 bits per heavy atom. The van der Waals surface area contributed by atoms with Gasteiger partial charge in [-0.1, -0.05) is 41.4 Å². The van der Waals surface area contributed by atoms with Gasteiger partial charge in [0.25, 0.3) is 0 Å². The normalized spacial score (nSPS) is 10.4. The number of amides is 1. The minimum Gasteiger partial charge on any atom is -0.489 e. The molecule has 0 aliphatic carbocycles. The summed E-state index contributed by atoms with van der Waals surface area (Å²) < 4.78 is 5.79. The molecular weight excluding hydrogens is 395 g/mol. The first-order valence-corrected chi connectivity index (χ1v) is 9.53. The van der Waals surface area contributed by atoms with Crippen molar-refractivity contribution in [3.05, 3.63) is 87.9 Å². The number of carbonyl (C=O) groups excluding carboxylic acids is 1. The Morgan fingerprint density at radius 1 is 0.893 bits per heavy atom. The Balaban J connectivity index is 1.52. The molecule has 0 heterocycles. The number of rotatable bonds is 7. The molecule has 6 heteroatoms. The van der Waals surface area contributed by atoms with E-state index in [0.717, 1.165) is 28.3 Å². The first-order chi connectivity index (χ1) is 13.5. The zero-order valence-corrected chi connectivity index (χ0v) is 16.8. The van der Waals surface area contributed by atoms with E-state index < -0.39 is 0 Å². The molecule has 0 saturated carbocycles. The number of hydrogen-bond acceptors (Lipinski definition) is 3. The molecule has 0 bridgehead atoms. The quantitative estimate of drug-likeness (QED) is 0.487. The highest BCUT2D eigenvalue weighted by Gasteiger charge is 2.06. The van der Waals surface area contributed by atoms with Gasteiger partial charge in [0, 0.05) is 40.5 Å². The van der Waals surface area contributed by atoms with E-state index in [1.54, 1.807) is 12.1 Å². The largest absolute Gasteiger partial charge is 0.489 e. The number of anilines is 2. The monoisotopic (exact) mass is 414 g/mol. The fourth-order valence-corrected chi connectivity index (χ4v) is 3.11. The van der Waals surface area contributed by atoms with Crippen LogP contribution >= 0.6 is 23.2 Å². The van der Waals surface area contributed by atoms with Crippen molar-refractivity contribution < 1.29 is 9.53 Å². The smallest absolute Gasteiger partial charge is 0.221 e. The molecule has 2 N–H and O–H groups in total. The molecule has 0 aromatic heterocycles. The minimum atomic E-state index is -0.0835. The molecule has 3 rings (SSSR count). The van der Waals surface area contributed by atoms with Crippen LogP contribution < -0.4 is 15.4 Å². The number of carbonyl (C=O) groups is 1. The van der Waals surface area contributed by atoms with Crippen molar-refractivity contribution in [2.24, 2.45) is 0 Å². The van der Waals surface area contributed by atoms with E-state index in [1.165, 1.54) is 6.92 Å². The molecule has 144 valence electrons. The van der Waals surface area contributed by atoms with Gasteiger partial charge in [0.1, 0.15) is 12.4 Å². The molecule has 3 aromatic carbocycles. The average molecular weight is 415 g/mol. The van der Waals surface area contributed by atoms with Gasteiger partial charge in [-0.05, 0) is 54.1 Å². The number of ether oxygens (including phenoxy) is 1. The summed E-state index contributed by atoms with van der Waals surface area (Å²) in [6, 6.07) is 20.8. The molecule has 0 radical (unpaired) electrons. The van der Waals surface area contributed by atoms with Gasteiger partial charge >= 0.3 is 0 Å². The SMILES string of the molecule is CC(=O)Nc1ccc(NCc2ccc(OCc3c(Cl)cccc3Cl)cc2)cc1. The second-order valence-corrected chi connectivity index (χ2v) is 7.06. The lowest BCUT2D eigenvalue weighted by molar-refractivity contribution is -0.114. The third-order valence-electron chi connectivity index (χ3n) is 4.07. The van der Waals surface area contributed by atoms with Gasteiger partial charge in [0.2, 0.25) is 5.91 Å². The minimum absolute atomic E-state index is 0.0835. The summed E-state index contributed by atoms with van der Waals surface area (Å²) >= 11 is 12.3. The Labute approximate surface area is 174 Å². The van der Waals surface area contributed by atoms with Crippen molar-refractivity contribution in [3.63, 3.8) is 0 Å². The summed E-state index contributed by atoms with van der Waals surface area (Å²) in [5, 5.41) is 7.28. The molecule has 4 nitrogen and oxygen atoms in total. The summed E-state index contributed by atoms with van der Waals surface area (Å²) in [7, 11) is 0. The summed E-state index contributed by atoms with van der Waals surface area (Å²) in [5.41, 5.74) is 3.65. The van der Waals surface area contributed by atoms with Crippen LogP contribution in [0.2, 0.25) is 10.0 Å². The topological polar surface area (TPSA) is 50.4 Å². The molecule has 0 fully saturated rings. The predicted octanol–water partition coefficient (Wildman–Crippen LogP) is 6.14. The van der Waals surface area contributed by atoms with Crippen LogP contribution in [0.3, 0.4) is 0 Å². The molecule has 28 heavy (non-hydrogen) atoms. The third-order valence-corrected chi connectivity index (χ3v) is 4.78.